The molecule has 1 atom stereocenters. The lowest BCUT2D eigenvalue weighted by Crippen LogP contribution is -2.40. The van der Waals surface area contributed by atoms with Gasteiger partial charge in [0.05, 0.1) is 26.2 Å². The standard InChI is InChI=1S/C26H24FN3O5/c27-19-8-6-18(7-9-19)14-24(32)30-17-26(33-12-13-34-26)16-20(30)15-23(31)22-10-11-28-25(29-22)35-21-4-2-1-3-5-21/h1-11,20H,12-17H2. The molecule has 2 saturated heterocycles. The van der Waals surface area contributed by atoms with Gasteiger partial charge in [-0.1, -0.05) is 30.3 Å². The molecule has 0 bridgehead atoms. The normalized spacial score (nSPS) is 18.7. The first-order valence-electron chi connectivity index (χ1n) is 11.4. The van der Waals surface area contributed by atoms with Gasteiger partial charge in [0, 0.05) is 25.1 Å². The Labute approximate surface area is 201 Å². The van der Waals surface area contributed by atoms with Crippen molar-refractivity contribution in [3.05, 3.63) is 83.9 Å². The van der Waals surface area contributed by atoms with Gasteiger partial charge in [-0.05, 0) is 35.9 Å². The fraction of sp³-hybridized carbons (Fsp3) is 0.308. The molecule has 2 aromatic carbocycles. The van der Waals surface area contributed by atoms with E-state index in [1.54, 1.807) is 29.2 Å². The summed E-state index contributed by atoms with van der Waals surface area (Å²) in [6.45, 7) is 1.11. The average molecular weight is 477 g/mol. The minimum Gasteiger partial charge on any atom is -0.424 e. The molecule has 2 aliphatic rings. The van der Waals surface area contributed by atoms with Crippen LogP contribution in [0.1, 0.15) is 28.9 Å². The SMILES string of the molecule is O=C(CC1CC2(CN1C(=O)Cc1ccc(F)cc1)OCCO2)c1ccnc(Oc2ccccc2)n1. The molecule has 2 aliphatic heterocycles. The molecule has 5 rings (SSSR count). The number of amides is 1. The molecule has 0 N–H and O–H groups in total. The van der Waals surface area contributed by atoms with Crippen LogP contribution >= 0.6 is 0 Å². The molecule has 8 nitrogen and oxygen atoms in total. The molecule has 0 aliphatic carbocycles. The van der Waals surface area contributed by atoms with Crippen molar-refractivity contribution in [2.75, 3.05) is 19.8 Å². The smallest absolute Gasteiger partial charge is 0.322 e. The lowest BCUT2D eigenvalue weighted by Gasteiger charge is -2.24. The molecule has 1 aromatic heterocycles. The molecule has 1 spiro atoms. The number of carbonyl (C=O) groups is 2. The van der Waals surface area contributed by atoms with Crippen LogP contribution in [0.25, 0.3) is 0 Å². The molecule has 1 amide bonds. The van der Waals surface area contributed by atoms with Crippen molar-refractivity contribution >= 4 is 11.7 Å². The average Bonchev–Trinajstić information content (AvgIpc) is 3.47. The fourth-order valence-electron chi connectivity index (χ4n) is 4.44. The van der Waals surface area contributed by atoms with Crippen molar-refractivity contribution < 1.29 is 28.2 Å². The number of likely N-dealkylation sites (tertiary alicyclic amines) is 1. The molecular weight excluding hydrogens is 453 g/mol. The molecule has 9 heteroatoms. The number of ether oxygens (including phenoxy) is 3. The van der Waals surface area contributed by atoms with Crippen molar-refractivity contribution in [1.29, 1.82) is 0 Å². The highest BCUT2D eigenvalue weighted by molar-refractivity contribution is 5.95. The highest BCUT2D eigenvalue weighted by atomic mass is 19.1. The summed E-state index contributed by atoms with van der Waals surface area (Å²) >= 11 is 0. The van der Waals surface area contributed by atoms with Crippen molar-refractivity contribution in [3.63, 3.8) is 0 Å². The number of aromatic nitrogens is 2. The van der Waals surface area contributed by atoms with Gasteiger partial charge in [0.25, 0.3) is 0 Å². The van der Waals surface area contributed by atoms with E-state index < -0.39 is 11.8 Å². The molecule has 35 heavy (non-hydrogen) atoms. The van der Waals surface area contributed by atoms with Crippen LogP contribution in [0.3, 0.4) is 0 Å². The van der Waals surface area contributed by atoms with E-state index in [9.17, 15) is 14.0 Å². The first kappa shape index (κ1) is 23.1. The maximum Gasteiger partial charge on any atom is 0.322 e. The number of rotatable bonds is 7. The predicted molar refractivity (Wildman–Crippen MR) is 122 cm³/mol. The number of hydrogen-bond acceptors (Lipinski definition) is 7. The Kier molecular flexibility index (Phi) is 6.52. The topological polar surface area (TPSA) is 90.9 Å². The number of hydrogen-bond donors (Lipinski definition) is 0. The van der Waals surface area contributed by atoms with Gasteiger partial charge in [-0.2, -0.15) is 4.98 Å². The van der Waals surface area contributed by atoms with E-state index in [-0.39, 0.29) is 48.6 Å². The number of Topliss-reactive ketones (excluding diaryl/α,β-unsaturated/α-hetero) is 1. The van der Waals surface area contributed by atoms with Crippen LogP contribution in [-0.2, 0) is 20.7 Å². The largest absolute Gasteiger partial charge is 0.424 e. The summed E-state index contributed by atoms with van der Waals surface area (Å²) in [6.07, 6.45) is 1.98. The molecule has 3 aromatic rings. The lowest BCUT2D eigenvalue weighted by atomic mass is 10.0. The predicted octanol–water partition coefficient (Wildman–Crippen LogP) is 3.57. The molecule has 180 valence electrons. The second-order valence-electron chi connectivity index (χ2n) is 8.56. The minimum absolute atomic E-state index is 0.0470. The minimum atomic E-state index is -0.906. The second kappa shape index (κ2) is 9.89. The first-order valence-corrected chi connectivity index (χ1v) is 11.4. The van der Waals surface area contributed by atoms with Gasteiger partial charge in [0.15, 0.2) is 11.6 Å². The zero-order valence-electron chi connectivity index (χ0n) is 18.9. The molecule has 3 heterocycles. The maximum absolute atomic E-state index is 13.3. The summed E-state index contributed by atoms with van der Waals surface area (Å²) in [5, 5.41) is 0. The van der Waals surface area contributed by atoms with E-state index in [1.807, 2.05) is 18.2 Å². The molecular formula is C26H24FN3O5. The maximum atomic E-state index is 13.3. The van der Waals surface area contributed by atoms with Gasteiger partial charge in [-0.25, -0.2) is 9.37 Å². The van der Waals surface area contributed by atoms with Crippen molar-refractivity contribution in [3.8, 4) is 11.8 Å². The highest BCUT2D eigenvalue weighted by Gasteiger charge is 2.50. The van der Waals surface area contributed by atoms with Crippen molar-refractivity contribution in [2.45, 2.75) is 31.1 Å². The third-order valence-electron chi connectivity index (χ3n) is 6.09. The number of halogens is 1. The van der Waals surface area contributed by atoms with Crippen LogP contribution in [0.5, 0.6) is 11.8 Å². The Balaban J connectivity index is 1.31. The Hall–Kier alpha value is -3.69. The summed E-state index contributed by atoms with van der Waals surface area (Å²) in [6, 6.07) is 16.0. The highest BCUT2D eigenvalue weighted by Crippen LogP contribution is 2.36. The van der Waals surface area contributed by atoms with E-state index in [2.05, 4.69) is 9.97 Å². The van der Waals surface area contributed by atoms with Crippen LogP contribution in [0, 0.1) is 5.82 Å². The first-order chi connectivity index (χ1) is 17.0. The molecule has 0 radical (unpaired) electrons. The number of carbonyl (C=O) groups excluding carboxylic acids is 2. The quantitative estimate of drug-likeness (QED) is 0.481. The summed E-state index contributed by atoms with van der Waals surface area (Å²) < 4.78 is 30.6. The second-order valence-corrected chi connectivity index (χ2v) is 8.56. The number of benzene rings is 2. The van der Waals surface area contributed by atoms with Gasteiger partial charge in [0.2, 0.25) is 5.91 Å². The van der Waals surface area contributed by atoms with Crippen molar-refractivity contribution in [2.24, 2.45) is 0 Å². The van der Waals surface area contributed by atoms with Gasteiger partial charge >= 0.3 is 6.01 Å². The third-order valence-corrected chi connectivity index (χ3v) is 6.09. The van der Waals surface area contributed by atoms with Crippen LogP contribution in [0.2, 0.25) is 0 Å². The summed E-state index contributed by atoms with van der Waals surface area (Å²) in [5.74, 6) is -1.14. The molecule has 1 unspecified atom stereocenters. The zero-order chi connectivity index (χ0) is 24.3. The van der Waals surface area contributed by atoms with E-state index in [4.69, 9.17) is 14.2 Å². The van der Waals surface area contributed by atoms with E-state index in [0.29, 0.717) is 30.9 Å². The van der Waals surface area contributed by atoms with Gasteiger partial charge < -0.3 is 19.1 Å². The number of para-hydroxylation sites is 1. The van der Waals surface area contributed by atoms with E-state index in [1.165, 1.54) is 24.4 Å². The monoisotopic (exact) mass is 477 g/mol. The number of ketones is 1. The van der Waals surface area contributed by atoms with Crippen LogP contribution < -0.4 is 4.74 Å². The Morgan fingerprint density at radius 1 is 1.06 bits per heavy atom. The molecule has 2 fully saturated rings. The van der Waals surface area contributed by atoms with Gasteiger partial charge in [-0.15, -0.1) is 0 Å². The van der Waals surface area contributed by atoms with E-state index >= 15 is 0 Å². The Morgan fingerprint density at radius 2 is 1.80 bits per heavy atom. The van der Waals surface area contributed by atoms with Crippen molar-refractivity contribution in [1.82, 2.24) is 14.9 Å². The summed E-state index contributed by atoms with van der Waals surface area (Å²) in [7, 11) is 0. The van der Waals surface area contributed by atoms with Crippen LogP contribution in [0.4, 0.5) is 4.39 Å². The zero-order valence-corrected chi connectivity index (χ0v) is 18.9. The van der Waals surface area contributed by atoms with E-state index in [0.717, 1.165) is 0 Å². The third kappa shape index (κ3) is 5.36. The fourth-order valence-corrected chi connectivity index (χ4v) is 4.44. The Bertz CT molecular complexity index is 1200. The van der Waals surface area contributed by atoms with Crippen LogP contribution in [0.15, 0.2) is 66.9 Å². The number of nitrogens with zero attached hydrogens (tertiary/aromatic N) is 3. The summed E-state index contributed by atoms with van der Waals surface area (Å²) in [5.41, 5.74) is 0.889. The molecule has 0 saturated carbocycles. The van der Waals surface area contributed by atoms with Gasteiger partial charge in [0.1, 0.15) is 17.3 Å². The van der Waals surface area contributed by atoms with Crippen LogP contribution in [-0.4, -0.2) is 58.1 Å². The Morgan fingerprint density at radius 3 is 2.54 bits per heavy atom. The van der Waals surface area contributed by atoms with Gasteiger partial charge in [-0.3, -0.25) is 9.59 Å². The summed E-state index contributed by atoms with van der Waals surface area (Å²) in [4.78, 5) is 36.3. The lowest BCUT2D eigenvalue weighted by molar-refractivity contribution is -0.152.